The van der Waals surface area contributed by atoms with Gasteiger partial charge in [0.1, 0.15) is 10.7 Å². The van der Waals surface area contributed by atoms with Gasteiger partial charge in [0.05, 0.1) is 40.9 Å². The van der Waals surface area contributed by atoms with Crippen molar-refractivity contribution in [2.45, 2.75) is 52.0 Å². The summed E-state index contributed by atoms with van der Waals surface area (Å²) in [7, 11) is 3.44. The number of hydrogen-bond acceptors (Lipinski definition) is 13. The standard InChI is InChI=1S/C42H51ClN12O5/c1-24(2)55-39-27(18-33(41(55)59)60-23-35(57)44-4)17-28(19-45-39)47-38-31(43)20-46-42(49-38)54-12-11-26(25(3)21-54)22-52-13-15-53(16-14-52)32-8-6-7-29-36(50-51(5)37(29)32)30-9-10-34(56)48-40(30)58/h6-8,17-20,24-26,30H,9-16,21-23H2,1-5H3,(H,44,57)(H,46,47,49)(H,48,56,58)/t25-,26+,30?/m1/s1. The molecule has 8 rings (SSSR count). The Bertz CT molecular complexity index is 2510. The molecule has 7 heterocycles. The molecule has 3 amide bonds. The number of pyridine rings is 2. The molecule has 3 atom stereocenters. The average Bonchev–Trinajstić information content (AvgIpc) is 3.57. The zero-order valence-corrected chi connectivity index (χ0v) is 35.3. The molecule has 1 aromatic carbocycles. The highest BCUT2D eigenvalue weighted by atomic mass is 35.5. The highest BCUT2D eigenvalue weighted by Gasteiger charge is 2.34. The highest BCUT2D eigenvalue weighted by molar-refractivity contribution is 6.33. The number of piperidine rings is 2. The normalized spacial score (nSPS) is 20.2. The van der Waals surface area contributed by atoms with Crippen molar-refractivity contribution in [3.8, 4) is 5.75 Å². The molecule has 0 saturated carbocycles. The summed E-state index contributed by atoms with van der Waals surface area (Å²) in [5.41, 5.74) is 3.61. The maximum Gasteiger partial charge on any atom is 0.294 e. The van der Waals surface area contributed by atoms with Crippen LogP contribution in [0.5, 0.6) is 5.75 Å². The van der Waals surface area contributed by atoms with Gasteiger partial charge in [-0.05, 0) is 56.7 Å². The second-order valence-corrected chi connectivity index (χ2v) is 16.7. The van der Waals surface area contributed by atoms with Gasteiger partial charge in [0.15, 0.2) is 18.2 Å². The van der Waals surface area contributed by atoms with Crippen molar-refractivity contribution >= 4 is 74.4 Å². The lowest BCUT2D eigenvalue weighted by Crippen LogP contribution is -2.50. The molecule has 60 heavy (non-hydrogen) atoms. The molecular weight excluding hydrogens is 788 g/mol. The molecule has 5 aromatic rings. The number of benzene rings is 1. The average molecular weight is 839 g/mol. The molecule has 0 spiro atoms. The van der Waals surface area contributed by atoms with E-state index in [1.165, 1.54) is 7.05 Å². The number of aryl methyl sites for hydroxylation is 1. The number of hydrogen-bond donors (Lipinski definition) is 3. The molecule has 3 fully saturated rings. The van der Waals surface area contributed by atoms with E-state index in [0.717, 1.165) is 74.5 Å². The molecule has 0 aliphatic carbocycles. The van der Waals surface area contributed by atoms with Crippen molar-refractivity contribution in [2.75, 3.05) is 74.6 Å². The molecule has 1 unspecified atom stereocenters. The van der Waals surface area contributed by atoms with E-state index in [1.807, 2.05) is 43.8 Å². The van der Waals surface area contributed by atoms with Crippen molar-refractivity contribution < 1.29 is 19.1 Å². The topological polar surface area (TPSA) is 185 Å². The van der Waals surface area contributed by atoms with Gasteiger partial charge in [0.25, 0.3) is 11.5 Å². The molecular formula is C42H51ClN12O5. The number of aromatic nitrogens is 6. The lowest BCUT2D eigenvalue weighted by Gasteiger charge is -2.42. The number of piperazine rings is 1. The molecule has 3 saturated heterocycles. The van der Waals surface area contributed by atoms with Crippen molar-refractivity contribution in [3.63, 3.8) is 0 Å². The van der Waals surface area contributed by atoms with Gasteiger partial charge in [-0.25, -0.2) is 9.97 Å². The van der Waals surface area contributed by atoms with Crippen LogP contribution in [0.4, 0.5) is 23.1 Å². The van der Waals surface area contributed by atoms with Crippen molar-refractivity contribution in [2.24, 2.45) is 18.9 Å². The van der Waals surface area contributed by atoms with Crippen LogP contribution in [-0.4, -0.2) is 111 Å². The molecule has 18 heteroatoms. The number of nitrogens with zero attached hydrogens (tertiary/aromatic N) is 9. The first-order chi connectivity index (χ1) is 28.9. The Morgan fingerprint density at radius 2 is 1.83 bits per heavy atom. The predicted molar refractivity (Wildman–Crippen MR) is 230 cm³/mol. The van der Waals surface area contributed by atoms with Gasteiger partial charge in [-0.15, -0.1) is 0 Å². The Morgan fingerprint density at radius 3 is 2.57 bits per heavy atom. The molecule has 316 valence electrons. The fraction of sp³-hybridized carbons (Fsp3) is 0.476. The number of carbonyl (C=O) groups excluding carboxylic acids is 3. The maximum absolute atomic E-state index is 13.2. The monoisotopic (exact) mass is 838 g/mol. The minimum absolute atomic E-state index is 0.0583. The molecule has 3 aliphatic heterocycles. The summed E-state index contributed by atoms with van der Waals surface area (Å²) in [4.78, 5) is 70.9. The largest absolute Gasteiger partial charge is 0.478 e. The summed E-state index contributed by atoms with van der Waals surface area (Å²) in [6, 6.07) is 9.45. The molecule has 4 aromatic heterocycles. The zero-order valence-electron chi connectivity index (χ0n) is 34.6. The van der Waals surface area contributed by atoms with Gasteiger partial charge < -0.3 is 25.2 Å². The lowest BCUT2D eigenvalue weighted by molar-refractivity contribution is -0.134. The summed E-state index contributed by atoms with van der Waals surface area (Å²) < 4.78 is 9.03. The molecule has 3 N–H and O–H groups in total. The Balaban J connectivity index is 0.895. The first-order valence-electron chi connectivity index (χ1n) is 20.6. The third kappa shape index (κ3) is 8.19. The summed E-state index contributed by atoms with van der Waals surface area (Å²) in [6.45, 7) is 12.1. The number of nitrogens with one attached hydrogen (secondary N) is 3. The van der Waals surface area contributed by atoms with Crippen LogP contribution in [0.25, 0.3) is 21.9 Å². The van der Waals surface area contributed by atoms with Crippen molar-refractivity contribution in [3.05, 3.63) is 63.8 Å². The Kier molecular flexibility index (Phi) is 11.6. The zero-order chi connectivity index (χ0) is 42.2. The van der Waals surface area contributed by atoms with Crippen LogP contribution in [0.3, 0.4) is 0 Å². The minimum atomic E-state index is -0.432. The van der Waals surface area contributed by atoms with Crippen LogP contribution >= 0.6 is 11.6 Å². The number of carbonyl (C=O) groups is 3. The van der Waals surface area contributed by atoms with Gasteiger partial charge >= 0.3 is 0 Å². The summed E-state index contributed by atoms with van der Waals surface area (Å²) >= 11 is 6.62. The Hall–Kier alpha value is -5.81. The maximum atomic E-state index is 13.2. The fourth-order valence-corrected chi connectivity index (χ4v) is 8.90. The Labute approximate surface area is 352 Å². The van der Waals surface area contributed by atoms with E-state index in [0.29, 0.717) is 58.2 Å². The third-order valence-electron chi connectivity index (χ3n) is 12.0. The van der Waals surface area contributed by atoms with E-state index in [2.05, 4.69) is 53.6 Å². The van der Waals surface area contributed by atoms with Crippen LogP contribution < -0.4 is 36.0 Å². The first kappa shape index (κ1) is 40.9. The summed E-state index contributed by atoms with van der Waals surface area (Å²) in [5.74, 6) is 0.751. The molecule has 0 bridgehead atoms. The lowest BCUT2D eigenvalue weighted by atomic mass is 9.86. The van der Waals surface area contributed by atoms with Crippen LogP contribution in [0.15, 0.2) is 47.5 Å². The van der Waals surface area contributed by atoms with E-state index >= 15 is 0 Å². The molecule has 3 aliphatic rings. The van der Waals surface area contributed by atoms with Gasteiger partial charge in [0, 0.05) is 83.1 Å². The smallest absolute Gasteiger partial charge is 0.294 e. The fourth-order valence-electron chi connectivity index (χ4n) is 8.76. The van der Waals surface area contributed by atoms with E-state index in [-0.39, 0.29) is 41.7 Å². The second kappa shape index (κ2) is 17.0. The van der Waals surface area contributed by atoms with Crippen molar-refractivity contribution in [1.29, 1.82) is 0 Å². The number of ether oxygens (including phenoxy) is 1. The SMILES string of the molecule is CNC(=O)COc1cc2cc(Nc3nc(N4CC[C@@H](CN5CCN(c6cccc7c(C8CCC(=O)NC8=O)nn(C)c67)CC5)[C@H](C)C4)ncc3Cl)cnc2n(C(C)C)c1=O. The van der Waals surface area contributed by atoms with Gasteiger partial charge in [-0.2, -0.15) is 10.1 Å². The van der Waals surface area contributed by atoms with Crippen LogP contribution in [0.2, 0.25) is 5.02 Å². The molecule has 17 nitrogen and oxygen atoms in total. The van der Waals surface area contributed by atoms with Crippen LogP contribution in [0, 0.1) is 11.8 Å². The van der Waals surface area contributed by atoms with Crippen molar-refractivity contribution in [1.82, 2.24) is 44.8 Å². The van der Waals surface area contributed by atoms with Gasteiger partial charge in [0.2, 0.25) is 17.8 Å². The van der Waals surface area contributed by atoms with E-state index < -0.39 is 5.92 Å². The molecule has 0 radical (unpaired) electrons. The number of fused-ring (bicyclic) bond motifs is 2. The quantitative estimate of drug-likeness (QED) is 0.163. The number of imide groups is 1. The summed E-state index contributed by atoms with van der Waals surface area (Å²) in [5, 5.41) is 15.0. The minimum Gasteiger partial charge on any atom is -0.478 e. The first-order valence-corrected chi connectivity index (χ1v) is 21.0. The third-order valence-corrected chi connectivity index (χ3v) is 12.3. The van der Waals surface area contributed by atoms with Gasteiger partial charge in [-0.3, -0.25) is 38.6 Å². The number of para-hydroxylation sites is 1. The number of halogens is 1. The highest BCUT2D eigenvalue weighted by Crippen LogP contribution is 2.36. The number of amides is 3. The van der Waals surface area contributed by atoms with Crippen LogP contribution in [0.1, 0.15) is 57.7 Å². The van der Waals surface area contributed by atoms with E-state index in [1.54, 1.807) is 23.0 Å². The predicted octanol–water partition coefficient (Wildman–Crippen LogP) is 3.98. The second-order valence-electron chi connectivity index (χ2n) is 16.3. The summed E-state index contributed by atoms with van der Waals surface area (Å²) in [6.07, 6.45) is 5.04. The van der Waals surface area contributed by atoms with E-state index in [4.69, 9.17) is 26.4 Å². The van der Waals surface area contributed by atoms with E-state index in [9.17, 15) is 19.2 Å². The Morgan fingerprint density at radius 1 is 1.03 bits per heavy atom. The van der Waals surface area contributed by atoms with Gasteiger partial charge in [-0.1, -0.05) is 30.7 Å². The van der Waals surface area contributed by atoms with Crippen LogP contribution in [-0.2, 0) is 21.4 Å². The number of likely N-dealkylation sites (N-methyl/N-ethyl adjacent to an activating group) is 1. The number of rotatable bonds is 11. The number of anilines is 4.